The maximum atomic E-state index is 13.0. The van der Waals surface area contributed by atoms with Crippen molar-refractivity contribution in [3.8, 4) is 0 Å². The Kier molecular flexibility index (Phi) is 8.59. The van der Waals surface area contributed by atoms with E-state index in [0.29, 0.717) is 6.04 Å². The van der Waals surface area contributed by atoms with Crippen LogP contribution in [-0.2, 0) is 12.7 Å². The molecule has 1 amide bonds. The number of hydrogen-bond donors (Lipinski definition) is 1. The highest BCUT2D eigenvalue weighted by molar-refractivity contribution is 6.34. The lowest BCUT2D eigenvalue weighted by Gasteiger charge is -2.26. The van der Waals surface area contributed by atoms with E-state index in [9.17, 15) is 18.0 Å². The first-order valence-corrected chi connectivity index (χ1v) is 10.1. The average Bonchev–Trinajstić information content (AvgIpc) is 2.90. The molecule has 1 saturated heterocycles. The van der Waals surface area contributed by atoms with Crippen molar-refractivity contribution < 1.29 is 18.0 Å². The maximum Gasteiger partial charge on any atom is 0.417 e. The van der Waals surface area contributed by atoms with Crippen LogP contribution in [0.25, 0.3) is 0 Å². The van der Waals surface area contributed by atoms with E-state index < -0.39 is 22.7 Å². The van der Waals surface area contributed by atoms with E-state index in [-0.39, 0.29) is 24.5 Å². The molecule has 0 radical (unpaired) electrons. The van der Waals surface area contributed by atoms with E-state index in [4.69, 9.17) is 11.6 Å². The van der Waals surface area contributed by atoms with E-state index in [1.54, 1.807) is 0 Å². The number of benzene rings is 2. The fourth-order valence-corrected chi connectivity index (χ4v) is 4.05. The summed E-state index contributed by atoms with van der Waals surface area (Å²) in [5.74, 6) is -0.631. The number of alkyl halides is 3. The minimum absolute atomic E-state index is 0. The van der Waals surface area contributed by atoms with Crippen molar-refractivity contribution in [3.63, 3.8) is 0 Å². The lowest BCUT2D eigenvalue weighted by atomic mass is 10.00. The molecule has 0 spiro atoms. The third kappa shape index (κ3) is 5.90. The Labute approximate surface area is 186 Å². The molecule has 0 saturated carbocycles. The van der Waals surface area contributed by atoms with E-state index in [0.717, 1.165) is 24.6 Å². The van der Waals surface area contributed by atoms with Crippen LogP contribution < -0.4 is 5.32 Å². The first kappa shape index (κ1) is 24.5. The van der Waals surface area contributed by atoms with Crippen LogP contribution in [0.3, 0.4) is 0 Å². The molecular formula is C22H25Cl2F3N2O. The predicted molar refractivity (Wildman–Crippen MR) is 115 cm³/mol. The van der Waals surface area contributed by atoms with Crippen molar-refractivity contribution in [1.82, 2.24) is 10.2 Å². The molecule has 0 aliphatic carbocycles. The molecule has 3 nitrogen and oxygen atoms in total. The van der Waals surface area contributed by atoms with Gasteiger partial charge in [0.15, 0.2) is 0 Å². The molecule has 0 aromatic heterocycles. The van der Waals surface area contributed by atoms with Gasteiger partial charge in [0.05, 0.1) is 16.1 Å². The van der Waals surface area contributed by atoms with E-state index in [2.05, 4.69) is 29.4 Å². The second kappa shape index (κ2) is 10.5. The molecular weight excluding hydrogens is 436 g/mol. The summed E-state index contributed by atoms with van der Waals surface area (Å²) in [6.45, 7) is 1.30. The van der Waals surface area contributed by atoms with Crippen LogP contribution in [0.4, 0.5) is 13.2 Å². The second-order valence-corrected chi connectivity index (χ2v) is 7.81. The van der Waals surface area contributed by atoms with Gasteiger partial charge in [-0.15, -0.1) is 12.4 Å². The van der Waals surface area contributed by atoms with Crippen LogP contribution in [0, 0.1) is 0 Å². The Morgan fingerprint density at radius 3 is 2.50 bits per heavy atom. The van der Waals surface area contributed by atoms with Crippen molar-refractivity contribution in [2.24, 2.45) is 0 Å². The highest BCUT2D eigenvalue weighted by Gasteiger charge is 2.34. The fraction of sp³-hybridized carbons (Fsp3) is 0.409. The Hall–Kier alpha value is -1.76. The Bertz CT molecular complexity index is 856. The smallest absolute Gasteiger partial charge is 0.348 e. The van der Waals surface area contributed by atoms with Gasteiger partial charge in [0.2, 0.25) is 0 Å². The summed E-state index contributed by atoms with van der Waals surface area (Å²) in [6, 6.07) is 11.7. The summed E-state index contributed by atoms with van der Waals surface area (Å²) >= 11 is 5.82. The molecule has 3 rings (SSSR count). The first-order valence-electron chi connectivity index (χ1n) is 9.70. The number of nitrogens with zero attached hydrogens (tertiary/aromatic N) is 1. The van der Waals surface area contributed by atoms with Gasteiger partial charge in [-0.1, -0.05) is 54.8 Å². The number of nitrogens with one attached hydrogen (secondary N) is 1. The predicted octanol–water partition coefficient (Wildman–Crippen LogP) is 6.26. The molecule has 0 bridgehead atoms. The van der Waals surface area contributed by atoms with Crippen molar-refractivity contribution in [3.05, 3.63) is 69.7 Å². The van der Waals surface area contributed by atoms with Gasteiger partial charge in [-0.3, -0.25) is 9.69 Å². The molecule has 1 fully saturated rings. The topological polar surface area (TPSA) is 32.3 Å². The van der Waals surface area contributed by atoms with Gasteiger partial charge >= 0.3 is 6.18 Å². The average molecular weight is 461 g/mol. The summed E-state index contributed by atoms with van der Waals surface area (Å²) in [6.07, 6.45) is 0.206. The van der Waals surface area contributed by atoms with Crippen molar-refractivity contribution in [2.75, 3.05) is 13.6 Å². The normalized spacial score (nSPS) is 17.7. The van der Waals surface area contributed by atoms with Crippen molar-refractivity contribution in [2.45, 2.75) is 44.4 Å². The lowest BCUT2D eigenvalue weighted by Crippen LogP contribution is -2.25. The van der Waals surface area contributed by atoms with Gasteiger partial charge in [0.25, 0.3) is 5.91 Å². The largest absolute Gasteiger partial charge is 0.417 e. The zero-order valence-corrected chi connectivity index (χ0v) is 18.2. The molecule has 8 heteroatoms. The minimum atomic E-state index is -4.60. The highest BCUT2D eigenvalue weighted by Crippen LogP contribution is 2.36. The van der Waals surface area contributed by atoms with Gasteiger partial charge in [0.1, 0.15) is 0 Å². The van der Waals surface area contributed by atoms with E-state index >= 15 is 0 Å². The SMILES string of the molecule is CN1CCCCC[C@H]1c1ccc(CNC(=O)c2cccc(C(F)(F)F)c2Cl)cc1.Cl. The van der Waals surface area contributed by atoms with Crippen LogP contribution in [0.5, 0.6) is 0 Å². The van der Waals surface area contributed by atoms with Gasteiger partial charge in [-0.05, 0) is 49.7 Å². The number of halogens is 5. The lowest BCUT2D eigenvalue weighted by molar-refractivity contribution is -0.137. The summed E-state index contributed by atoms with van der Waals surface area (Å²) in [4.78, 5) is 14.7. The quantitative estimate of drug-likeness (QED) is 0.583. The molecule has 1 aliphatic rings. The zero-order chi connectivity index (χ0) is 21.0. The number of carbonyl (C=O) groups is 1. The van der Waals surface area contributed by atoms with Crippen LogP contribution in [0.2, 0.25) is 5.02 Å². The summed E-state index contributed by atoms with van der Waals surface area (Å²) in [5.41, 5.74) is 0.925. The molecule has 164 valence electrons. The molecule has 1 aliphatic heterocycles. The number of amides is 1. The molecule has 1 heterocycles. The standard InChI is InChI=1S/C22H24ClF3N2O.ClH/c1-28-13-4-2-3-8-19(28)16-11-9-15(10-12-16)14-27-21(29)17-6-5-7-18(20(17)23)22(24,25)26;/h5-7,9-12,19H,2-4,8,13-14H2,1H3,(H,27,29);1H/t19-;/m0./s1. The van der Waals surface area contributed by atoms with Gasteiger partial charge in [-0.25, -0.2) is 0 Å². The molecule has 1 atom stereocenters. The summed E-state index contributed by atoms with van der Waals surface area (Å²) in [5, 5.41) is 2.07. The van der Waals surface area contributed by atoms with Crippen LogP contribution in [-0.4, -0.2) is 24.4 Å². The van der Waals surface area contributed by atoms with Gasteiger partial charge in [-0.2, -0.15) is 13.2 Å². The summed E-state index contributed by atoms with van der Waals surface area (Å²) in [7, 11) is 2.14. The highest BCUT2D eigenvalue weighted by atomic mass is 35.5. The van der Waals surface area contributed by atoms with Crippen molar-refractivity contribution >= 4 is 29.9 Å². The van der Waals surface area contributed by atoms with Gasteiger partial charge < -0.3 is 5.32 Å². The van der Waals surface area contributed by atoms with Crippen LogP contribution in [0.1, 0.15) is 58.8 Å². The first-order chi connectivity index (χ1) is 13.8. The van der Waals surface area contributed by atoms with E-state index in [1.165, 1.54) is 37.0 Å². The third-order valence-electron chi connectivity index (χ3n) is 5.39. The Morgan fingerprint density at radius 1 is 1.13 bits per heavy atom. The Balaban J connectivity index is 0.00000320. The summed E-state index contributed by atoms with van der Waals surface area (Å²) < 4.78 is 38.9. The molecule has 1 N–H and O–H groups in total. The van der Waals surface area contributed by atoms with Crippen LogP contribution in [0.15, 0.2) is 42.5 Å². The number of hydrogen-bond acceptors (Lipinski definition) is 2. The number of rotatable bonds is 4. The van der Waals surface area contributed by atoms with Crippen molar-refractivity contribution in [1.29, 1.82) is 0 Å². The third-order valence-corrected chi connectivity index (χ3v) is 5.79. The zero-order valence-electron chi connectivity index (χ0n) is 16.6. The monoisotopic (exact) mass is 460 g/mol. The van der Waals surface area contributed by atoms with Gasteiger partial charge in [0, 0.05) is 12.6 Å². The maximum absolute atomic E-state index is 13.0. The molecule has 2 aromatic rings. The molecule has 2 aromatic carbocycles. The minimum Gasteiger partial charge on any atom is -0.348 e. The number of likely N-dealkylation sites (tertiary alicyclic amines) is 1. The second-order valence-electron chi connectivity index (χ2n) is 7.43. The van der Waals surface area contributed by atoms with E-state index in [1.807, 2.05) is 12.1 Å². The number of carbonyl (C=O) groups excluding carboxylic acids is 1. The fourth-order valence-electron chi connectivity index (χ4n) is 3.73. The van der Waals surface area contributed by atoms with Crippen LogP contribution >= 0.6 is 24.0 Å². The Morgan fingerprint density at radius 2 is 1.83 bits per heavy atom. The molecule has 30 heavy (non-hydrogen) atoms. The molecule has 0 unspecified atom stereocenters.